The zero-order valence-corrected chi connectivity index (χ0v) is 27.2. The van der Waals surface area contributed by atoms with E-state index in [1.54, 1.807) is 22.5 Å². The zero-order valence-electron chi connectivity index (χ0n) is 25.6. The summed E-state index contributed by atoms with van der Waals surface area (Å²) in [6.07, 6.45) is 2.01. The first-order valence-electron chi connectivity index (χ1n) is 15.7. The van der Waals surface area contributed by atoms with E-state index in [1.807, 2.05) is 26.0 Å². The van der Waals surface area contributed by atoms with Gasteiger partial charge in [0.2, 0.25) is 5.91 Å². The van der Waals surface area contributed by atoms with Crippen molar-refractivity contribution in [2.24, 2.45) is 5.92 Å². The van der Waals surface area contributed by atoms with E-state index in [9.17, 15) is 23.8 Å². The molecule has 3 saturated heterocycles. The highest BCUT2D eigenvalue weighted by molar-refractivity contribution is 8.22. The third-order valence-electron chi connectivity index (χ3n) is 9.32. The first kappa shape index (κ1) is 33.9. The third kappa shape index (κ3) is 8.29. The first-order valence-corrected chi connectivity index (χ1v) is 17.7. The van der Waals surface area contributed by atoms with Crippen molar-refractivity contribution in [2.45, 2.75) is 88.6 Å². The van der Waals surface area contributed by atoms with Crippen molar-refractivity contribution in [3.05, 3.63) is 64.4 Å². The Morgan fingerprint density at radius 3 is 2.56 bits per heavy atom. The molecule has 8 atom stereocenters. The number of amides is 2. The van der Waals surface area contributed by atoms with Crippen LogP contribution in [0.5, 0.6) is 0 Å². The Kier molecular flexibility index (Phi) is 11.0. The van der Waals surface area contributed by atoms with Crippen molar-refractivity contribution in [1.82, 2.24) is 14.9 Å². The van der Waals surface area contributed by atoms with Gasteiger partial charge in [-0.15, -0.1) is 10.8 Å². The molecule has 0 saturated carbocycles. The van der Waals surface area contributed by atoms with Crippen LogP contribution in [0, 0.1) is 11.7 Å². The molecule has 10 nitrogen and oxygen atoms in total. The number of rotatable bonds is 9. The molecular weight excluding hydrogens is 623 g/mol. The molecule has 3 aliphatic heterocycles. The number of halogens is 2. The van der Waals surface area contributed by atoms with E-state index in [-0.39, 0.29) is 47.9 Å². The van der Waals surface area contributed by atoms with Gasteiger partial charge in [-0.05, 0) is 88.1 Å². The van der Waals surface area contributed by atoms with E-state index >= 15 is 4.39 Å². The number of piperazine rings is 1. The second kappa shape index (κ2) is 14.5. The van der Waals surface area contributed by atoms with E-state index in [0.717, 1.165) is 18.4 Å². The largest absolute Gasteiger partial charge is 0.465 e. The number of ether oxygens (including phenoxy) is 1. The summed E-state index contributed by atoms with van der Waals surface area (Å²) in [5.74, 6) is -1.41. The van der Waals surface area contributed by atoms with Gasteiger partial charge in [0.25, 0.3) is 0 Å². The van der Waals surface area contributed by atoms with Gasteiger partial charge in [0.15, 0.2) is 0 Å². The lowest BCUT2D eigenvalue weighted by atomic mass is 9.74. The normalized spacial score (nSPS) is 29.9. The number of carbonyl (C=O) groups excluding carboxylic acids is 1. The molecule has 2 amide bonds. The average molecular weight is 667 g/mol. The van der Waals surface area contributed by atoms with Crippen molar-refractivity contribution in [3.63, 3.8) is 0 Å². The number of nitrogens with zero attached hydrogens (tertiary/aromatic N) is 1. The van der Waals surface area contributed by atoms with Gasteiger partial charge >= 0.3 is 6.09 Å². The van der Waals surface area contributed by atoms with Crippen molar-refractivity contribution >= 4 is 40.1 Å². The van der Waals surface area contributed by atoms with Crippen molar-refractivity contribution in [1.29, 1.82) is 0 Å². The molecule has 13 heteroatoms. The Labute approximate surface area is 270 Å². The number of benzene rings is 2. The molecule has 0 aromatic heterocycles. The van der Waals surface area contributed by atoms with Crippen molar-refractivity contribution < 1.29 is 32.9 Å². The Hall–Kier alpha value is -2.45. The fourth-order valence-electron chi connectivity index (χ4n) is 7.35. The molecule has 3 fully saturated rings. The van der Waals surface area contributed by atoms with Crippen molar-refractivity contribution in [2.75, 3.05) is 24.2 Å². The summed E-state index contributed by atoms with van der Waals surface area (Å²) in [6, 6.07) is 10.3. The van der Waals surface area contributed by atoms with Crippen LogP contribution in [0.3, 0.4) is 0 Å². The lowest BCUT2D eigenvalue weighted by Gasteiger charge is -2.49. The van der Waals surface area contributed by atoms with Crippen LogP contribution in [0.15, 0.2) is 42.5 Å². The highest BCUT2D eigenvalue weighted by Gasteiger charge is 2.41. The topological polar surface area (TPSA) is 143 Å². The van der Waals surface area contributed by atoms with Crippen LogP contribution in [0.25, 0.3) is 0 Å². The quantitative estimate of drug-likeness (QED) is 0.189. The van der Waals surface area contributed by atoms with E-state index < -0.39 is 40.6 Å². The molecule has 0 spiro atoms. The molecule has 5 rings (SSSR count). The molecule has 3 aliphatic rings. The molecule has 2 aromatic rings. The van der Waals surface area contributed by atoms with Gasteiger partial charge in [-0.25, -0.2) is 13.5 Å². The summed E-state index contributed by atoms with van der Waals surface area (Å²) in [5.41, 5.74) is 1.30. The second-order valence-electron chi connectivity index (χ2n) is 12.6. The average Bonchev–Trinajstić information content (AvgIpc) is 3.08. The van der Waals surface area contributed by atoms with Gasteiger partial charge in [0.05, 0.1) is 18.0 Å². The van der Waals surface area contributed by atoms with Crippen LogP contribution < -0.4 is 16.0 Å². The SMILES string of the molecule is C[C@@H]1CC([C@H](c2ccc(Cl)cc2)[C@H](NC(=O)O)C(=O)Nc2cccc(F)c2CC[C@H]2CN[C@@H]3CCCS(O)(O)N2C3)C[C@H](C)O1. The smallest absolute Gasteiger partial charge is 0.405 e. The molecule has 2 unspecified atom stereocenters. The number of hydrogen-bond acceptors (Lipinski definition) is 7. The maximum Gasteiger partial charge on any atom is 0.405 e. The Morgan fingerprint density at radius 1 is 1.16 bits per heavy atom. The minimum atomic E-state index is -2.92. The third-order valence-corrected chi connectivity index (χ3v) is 11.6. The number of fused-ring (bicyclic) bond motifs is 2. The zero-order chi connectivity index (χ0) is 32.3. The van der Waals surface area contributed by atoms with Crippen LogP contribution in [-0.4, -0.2) is 79.7 Å². The molecule has 45 heavy (non-hydrogen) atoms. The van der Waals surface area contributed by atoms with Gasteiger partial charge in [-0.2, -0.15) is 0 Å². The summed E-state index contributed by atoms with van der Waals surface area (Å²) in [4.78, 5) is 26.2. The van der Waals surface area contributed by atoms with Gasteiger partial charge in [-0.3, -0.25) is 13.9 Å². The number of carboxylic acid groups (broad SMARTS) is 1. The predicted molar refractivity (Wildman–Crippen MR) is 174 cm³/mol. The summed E-state index contributed by atoms with van der Waals surface area (Å²) in [5, 5.41) is 19.2. The summed E-state index contributed by atoms with van der Waals surface area (Å²) in [6.45, 7) is 5.00. The van der Waals surface area contributed by atoms with Gasteiger partial charge in [-0.1, -0.05) is 29.8 Å². The Balaban J connectivity index is 1.40. The van der Waals surface area contributed by atoms with Crippen LogP contribution in [0.4, 0.5) is 14.9 Å². The molecule has 3 heterocycles. The number of anilines is 1. The lowest BCUT2D eigenvalue weighted by Crippen LogP contribution is -2.55. The highest BCUT2D eigenvalue weighted by Crippen LogP contribution is 2.49. The van der Waals surface area contributed by atoms with Gasteiger partial charge < -0.3 is 25.8 Å². The first-order chi connectivity index (χ1) is 21.4. The number of hydrogen-bond donors (Lipinski definition) is 6. The van der Waals surface area contributed by atoms with Crippen molar-refractivity contribution in [3.8, 4) is 0 Å². The summed E-state index contributed by atoms with van der Waals surface area (Å²) in [7, 11) is -2.92. The van der Waals surface area contributed by atoms with E-state index in [0.29, 0.717) is 43.1 Å². The summed E-state index contributed by atoms with van der Waals surface area (Å²) < 4.78 is 44.8. The monoisotopic (exact) mass is 666 g/mol. The maximum absolute atomic E-state index is 15.4. The second-order valence-corrected chi connectivity index (χ2v) is 15.2. The van der Waals surface area contributed by atoms with E-state index in [2.05, 4.69) is 16.0 Å². The minimum Gasteiger partial charge on any atom is -0.465 e. The van der Waals surface area contributed by atoms with E-state index in [1.165, 1.54) is 12.1 Å². The standard InChI is InChI=1S/C32H44ClFN4O6S/c1-19-15-22(16-20(2)44-19)29(21-8-10-23(33)11-9-21)30(37-32(40)41)31(39)36-28-7-3-6-27(34)26(28)13-12-25-17-35-24-5-4-14-45(42,43)38(25)18-24/h3,6-11,19-20,22,24-25,29-30,35,37,42-43H,4-5,12-18H2,1-2H3,(H,36,39)(H,40,41)/t19-,20+,22?,24-,25+,29+,30+/m1/s1. The van der Waals surface area contributed by atoms with E-state index in [4.69, 9.17) is 16.3 Å². The van der Waals surface area contributed by atoms with Crippen LogP contribution >= 0.6 is 22.4 Å². The minimum absolute atomic E-state index is 0.0796. The number of carbonyl (C=O) groups is 2. The molecule has 6 N–H and O–H groups in total. The number of nitrogens with one attached hydrogen (secondary N) is 3. The fraction of sp³-hybridized carbons (Fsp3) is 0.562. The Morgan fingerprint density at radius 2 is 1.87 bits per heavy atom. The maximum atomic E-state index is 15.4. The van der Waals surface area contributed by atoms with Crippen LogP contribution in [-0.2, 0) is 16.0 Å². The summed E-state index contributed by atoms with van der Waals surface area (Å²) >= 11 is 6.17. The Bertz CT molecular complexity index is 1340. The van der Waals surface area contributed by atoms with Gasteiger partial charge in [0.1, 0.15) is 11.9 Å². The van der Waals surface area contributed by atoms with Crippen LogP contribution in [0.1, 0.15) is 63.0 Å². The predicted octanol–water partition coefficient (Wildman–Crippen LogP) is 6.08. The highest BCUT2D eigenvalue weighted by atomic mass is 35.5. The molecular formula is C32H44ClFN4O6S. The molecule has 2 aromatic carbocycles. The molecule has 0 aliphatic carbocycles. The molecule has 248 valence electrons. The van der Waals surface area contributed by atoms with Crippen LogP contribution in [0.2, 0.25) is 5.02 Å². The fourth-order valence-corrected chi connectivity index (χ4v) is 9.34. The van der Waals surface area contributed by atoms with Gasteiger partial charge in [0, 0.05) is 47.4 Å². The molecule has 0 radical (unpaired) electrons. The molecule has 2 bridgehead atoms. The lowest BCUT2D eigenvalue weighted by molar-refractivity contribution is -0.120.